The number of aromatic amines is 1. The van der Waals surface area contributed by atoms with Gasteiger partial charge in [0.15, 0.2) is 0 Å². The van der Waals surface area contributed by atoms with E-state index < -0.39 is 11.9 Å². The molecule has 2 N–H and O–H groups in total. The zero-order chi connectivity index (χ0) is 13.4. The van der Waals surface area contributed by atoms with E-state index in [1.54, 1.807) is 12.4 Å². The SMILES string of the molecule is CCC(C(=O)O)c1ccc2[nH]c3ccncc3c2c1. The van der Waals surface area contributed by atoms with Crippen molar-refractivity contribution in [3.05, 3.63) is 42.2 Å². The molecule has 96 valence electrons. The van der Waals surface area contributed by atoms with Crippen LogP contribution in [0.25, 0.3) is 21.8 Å². The molecule has 1 aromatic carbocycles. The van der Waals surface area contributed by atoms with Crippen LogP contribution in [0.1, 0.15) is 24.8 Å². The van der Waals surface area contributed by atoms with E-state index in [1.807, 2.05) is 31.2 Å². The Labute approximate surface area is 110 Å². The van der Waals surface area contributed by atoms with E-state index in [1.165, 1.54) is 0 Å². The predicted octanol–water partition coefficient (Wildman–Crippen LogP) is 3.29. The standard InChI is InChI=1S/C15H14N2O2/c1-2-10(15(18)19)9-3-4-13-11(7-9)12-8-16-6-5-14(12)17-13/h3-8,10,17H,2H2,1H3,(H,18,19). The van der Waals surface area contributed by atoms with Crippen molar-refractivity contribution in [3.8, 4) is 0 Å². The number of carboxylic acid groups (broad SMARTS) is 1. The fourth-order valence-electron chi connectivity index (χ4n) is 2.53. The van der Waals surface area contributed by atoms with Crippen LogP contribution in [0.2, 0.25) is 0 Å². The summed E-state index contributed by atoms with van der Waals surface area (Å²) in [5.41, 5.74) is 2.87. The fourth-order valence-corrected chi connectivity index (χ4v) is 2.53. The molecule has 0 aliphatic rings. The number of nitrogens with zero attached hydrogens (tertiary/aromatic N) is 1. The second-order valence-electron chi connectivity index (χ2n) is 4.65. The quantitative estimate of drug-likeness (QED) is 0.753. The molecule has 3 aromatic rings. The number of fused-ring (bicyclic) bond motifs is 3. The van der Waals surface area contributed by atoms with Gasteiger partial charge in [0, 0.05) is 34.2 Å². The highest BCUT2D eigenvalue weighted by Gasteiger charge is 2.18. The van der Waals surface area contributed by atoms with Crippen LogP contribution in [0.15, 0.2) is 36.7 Å². The Hall–Kier alpha value is -2.36. The lowest BCUT2D eigenvalue weighted by atomic mass is 9.95. The summed E-state index contributed by atoms with van der Waals surface area (Å²) in [4.78, 5) is 18.7. The number of pyridine rings is 1. The molecule has 0 radical (unpaired) electrons. The Bertz CT molecular complexity index is 761. The number of rotatable bonds is 3. The third-order valence-corrected chi connectivity index (χ3v) is 3.53. The predicted molar refractivity (Wildman–Crippen MR) is 74.3 cm³/mol. The molecular formula is C15H14N2O2. The average Bonchev–Trinajstić information content (AvgIpc) is 2.77. The van der Waals surface area contributed by atoms with Gasteiger partial charge in [-0.25, -0.2) is 0 Å². The summed E-state index contributed by atoms with van der Waals surface area (Å²) in [6, 6.07) is 7.70. The van der Waals surface area contributed by atoms with E-state index in [0.29, 0.717) is 6.42 Å². The van der Waals surface area contributed by atoms with Crippen LogP contribution in [0.5, 0.6) is 0 Å². The first kappa shape index (κ1) is 11.7. The van der Waals surface area contributed by atoms with Crippen molar-refractivity contribution in [2.45, 2.75) is 19.3 Å². The molecule has 3 rings (SSSR count). The summed E-state index contributed by atoms with van der Waals surface area (Å²) in [6.45, 7) is 1.89. The fraction of sp³-hybridized carbons (Fsp3) is 0.200. The second kappa shape index (κ2) is 4.39. The van der Waals surface area contributed by atoms with Gasteiger partial charge in [-0.1, -0.05) is 13.0 Å². The molecule has 1 unspecified atom stereocenters. The molecule has 1 atom stereocenters. The minimum atomic E-state index is -0.778. The summed E-state index contributed by atoms with van der Waals surface area (Å²) in [6.07, 6.45) is 4.13. The van der Waals surface area contributed by atoms with Crippen molar-refractivity contribution in [1.82, 2.24) is 9.97 Å². The lowest BCUT2D eigenvalue weighted by Crippen LogP contribution is -2.10. The summed E-state index contributed by atoms with van der Waals surface area (Å²) in [5.74, 6) is -1.23. The summed E-state index contributed by atoms with van der Waals surface area (Å²) >= 11 is 0. The van der Waals surface area contributed by atoms with Crippen molar-refractivity contribution >= 4 is 27.8 Å². The first-order valence-corrected chi connectivity index (χ1v) is 6.29. The van der Waals surface area contributed by atoms with Crippen LogP contribution in [0.3, 0.4) is 0 Å². The van der Waals surface area contributed by atoms with Crippen LogP contribution < -0.4 is 0 Å². The highest BCUT2D eigenvalue weighted by atomic mass is 16.4. The largest absolute Gasteiger partial charge is 0.481 e. The van der Waals surface area contributed by atoms with E-state index in [2.05, 4.69) is 9.97 Å². The minimum absolute atomic E-state index is 0.453. The van der Waals surface area contributed by atoms with Gasteiger partial charge in [-0.15, -0.1) is 0 Å². The molecule has 0 saturated carbocycles. The third-order valence-electron chi connectivity index (χ3n) is 3.53. The molecule has 0 bridgehead atoms. The molecule has 0 spiro atoms. The number of aromatic nitrogens is 2. The van der Waals surface area contributed by atoms with Crippen LogP contribution in [-0.4, -0.2) is 21.0 Å². The number of benzene rings is 1. The Kier molecular flexibility index (Phi) is 2.71. The topological polar surface area (TPSA) is 66.0 Å². The minimum Gasteiger partial charge on any atom is -0.481 e. The second-order valence-corrected chi connectivity index (χ2v) is 4.65. The van der Waals surface area contributed by atoms with Crippen molar-refractivity contribution < 1.29 is 9.90 Å². The van der Waals surface area contributed by atoms with Crippen molar-refractivity contribution in [1.29, 1.82) is 0 Å². The van der Waals surface area contributed by atoms with Gasteiger partial charge in [-0.3, -0.25) is 9.78 Å². The normalized spacial score (nSPS) is 12.9. The van der Waals surface area contributed by atoms with Crippen LogP contribution >= 0.6 is 0 Å². The van der Waals surface area contributed by atoms with E-state index in [4.69, 9.17) is 0 Å². The zero-order valence-corrected chi connectivity index (χ0v) is 10.6. The number of nitrogens with one attached hydrogen (secondary N) is 1. The van der Waals surface area contributed by atoms with Gasteiger partial charge in [-0.2, -0.15) is 0 Å². The maximum atomic E-state index is 11.2. The molecule has 4 heteroatoms. The van der Waals surface area contributed by atoms with Crippen LogP contribution in [-0.2, 0) is 4.79 Å². The molecule has 0 aliphatic heterocycles. The number of H-pyrrole nitrogens is 1. The number of carboxylic acids is 1. The molecule has 19 heavy (non-hydrogen) atoms. The lowest BCUT2D eigenvalue weighted by Gasteiger charge is -2.09. The van der Waals surface area contributed by atoms with Gasteiger partial charge in [0.05, 0.1) is 5.92 Å². The summed E-state index contributed by atoms with van der Waals surface area (Å²) < 4.78 is 0. The molecule has 2 heterocycles. The van der Waals surface area contributed by atoms with E-state index >= 15 is 0 Å². The molecule has 4 nitrogen and oxygen atoms in total. The Balaban J connectivity index is 2.24. The Morgan fingerprint density at radius 1 is 1.32 bits per heavy atom. The van der Waals surface area contributed by atoms with Crippen LogP contribution in [0.4, 0.5) is 0 Å². The molecule has 0 saturated heterocycles. The lowest BCUT2D eigenvalue weighted by molar-refractivity contribution is -0.138. The van der Waals surface area contributed by atoms with Crippen LogP contribution in [0, 0.1) is 0 Å². The van der Waals surface area contributed by atoms with E-state index in [0.717, 1.165) is 27.4 Å². The third kappa shape index (κ3) is 1.85. The Morgan fingerprint density at radius 3 is 2.84 bits per heavy atom. The van der Waals surface area contributed by atoms with E-state index in [-0.39, 0.29) is 0 Å². The highest BCUT2D eigenvalue weighted by Crippen LogP contribution is 2.29. The number of carbonyl (C=O) groups is 1. The molecule has 0 aliphatic carbocycles. The zero-order valence-electron chi connectivity index (χ0n) is 10.6. The van der Waals surface area contributed by atoms with Gasteiger partial charge in [0.1, 0.15) is 0 Å². The Morgan fingerprint density at radius 2 is 2.11 bits per heavy atom. The van der Waals surface area contributed by atoms with Crippen molar-refractivity contribution in [2.24, 2.45) is 0 Å². The number of hydrogen-bond acceptors (Lipinski definition) is 2. The van der Waals surface area contributed by atoms with Gasteiger partial charge in [0.2, 0.25) is 0 Å². The molecular weight excluding hydrogens is 240 g/mol. The van der Waals surface area contributed by atoms with Gasteiger partial charge in [-0.05, 0) is 30.2 Å². The van der Waals surface area contributed by atoms with Crippen molar-refractivity contribution in [3.63, 3.8) is 0 Å². The monoisotopic (exact) mass is 254 g/mol. The molecule has 0 fully saturated rings. The van der Waals surface area contributed by atoms with E-state index in [9.17, 15) is 9.90 Å². The molecule has 0 amide bonds. The summed E-state index contributed by atoms with van der Waals surface area (Å²) in [7, 11) is 0. The number of aliphatic carboxylic acids is 1. The summed E-state index contributed by atoms with van der Waals surface area (Å²) in [5, 5.41) is 11.3. The highest BCUT2D eigenvalue weighted by molar-refractivity contribution is 6.07. The van der Waals surface area contributed by atoms with Gasteiger partial charge >= 0.3 is 5.97 Å². The smallest absolute Gasteiger partial charge is 0.310 e. The molecule has 2 aromatic heterocycles. The maximum absolute atomic E-state index is 11.2. The first-order valence-electron chi connectivity index (χ1n) is 6.29. The maximum Gasteiger partial charge on any atom is 0.310 e. The first-order chi connectivity index (χ1) is 9.20. The average molecular weight is 254 g/mol. The number of hydrogen-bond donors (Lipinski definition) is 2. The van der Waals surface area contributed by atoms with Gasteiger partial charge < -0.3 is 10.1 Å². The van der Waals surface area contributed by atoms with Gasteiger partial charge in [0.25, 0.3) is 0 Å². The van der Waals surface area contributed by atoms with Crippen molar-refractivity contribution in [2.75, 3.05) is 0 Å².